The van der Waals surface area contributed by atoms with E-state index >= 15 is 0 Å². The zero-order chi connectivity index (χ0) is 16.3. The molecule has 0 aromatic heterocycles. The van der Waals surface area contributed by atoms with E-state index in [1.807, 2.05) is 6.92 Å². The van der Waals surface area contributed by atoms with Crippen molar-refractivity contribution in [1.29, 1.82) is 0 Å². The lowest BCUT2D eigenvalue weighted by atomic mass is 9.99. The lowest BCUT2D eigenvalue weighted by Gasteiger charge is -2.36. The first-order valence-electron chi connectivity index (χ1n) is 7.45. The van der Waals surface area contributed by atoms with Crippen LogP contribution in [0.25, 0.3) is 0 Å². The lowest BCUT2D eigenvalue weighted by molar-refractivity contribution is -0.137. The molecular formula is C16H21F3N2O. The monoisotopic (exact) mass is 314 g/mol. The second kappa shape index (κ2) is 6.69. The Morgan fingerprint density at radius 2 is 1.77 bits per heavy atom. The molecule has 0 bridgehead atoms. The minimum Gasteiger partial charge on any atom is -0.354 e. The molecule has 1 amide bonds. The number of likely N-dealkylation sites (tertiary alicyclic amines) is 1. The summed E-state index contributed by atoms with van der Waals surface area (Å²) in [4.78, 5) is 13.3. The quantitative estimate of drug-likeness (QED) is 0.928. The number of carbonyl (C=O) groups is 1. The lowest BCUT2D eigenvalue weighted by Crippen LogP contribution is -2.44. The van der Waals surface area contributed by atoms with Crippen LogP contribution in [0.5, 0.6) is 0 Å². The normalized spacial score (nSPS) is 19.0. The fraction of sp³-hybridized carbons (Fsp3) is 0.562. The third-order valence-corrected chi connectivity index (χ3v) is 4.21. The molecule has 1 aliphatic heterocycles. The molecule has 22 heavy (non-hydrogen) atoms. The fourth-order valence-corrected chi connectivity index (χ4v) is 2.88. The van der Waals surface area contributed by atoms with Crippen LogP contribution in [-0.4, -0.2) is 29.9 Å². The highest BCUT2D eigenvalue weighted by Crippen LogP contribution is 2.31. The highest BCUT2D eigenvalue weighted by Gasteiger charge is 2.30. The van der Waals surface area contributed by atoms with Crippen molar-refractivity contribution in [3.8, 4) is 0 Å². The number of nitrogens with zero attached hydrogens (tertiary/aromatic N) is 1. The Morgan fingerprint density at radius 3 is 2.23 bits per heavy atom. The molecule has 122 valence electrons. The molecule has 1 fully saturated rings. The predicted molar refractivity (Wildman–Crippen MR) is 78.3 cm³/mol. The molecule has 1 aromatic rings. The number of halogens is 3. The number of rotatable bonds is 3. The van der Waals surface area contributed by atoms with Gasteiger partial charge in [0, 0.05) is 32.1 Å². The summed E-state index contributed by atoms with van der Waals surface area (Å²) in [6, 6.07) is 5.64. The molecule has 0 radical (unpaired) electrons. The Hall–Kier alpha value is -1.56. The molecule has 1 aliphatic rings. The topological polar surface area (TPSA) is 32.3 Å². The molecule has 3 nitrogen and oxygen atoms in total. The molecule has 1 saturated heterocycles. The largest absolute Gasteiger partial charge is 0.416 e. The van der Waals surface area contributed by atoms with E-state index in [0.29, 0.717) is 0 Å². The highest BCUT2D eigenvalue weighted by molar-refractivity contribution is 5.73. The molecule has 1 N–H and O–H groups in total. The van der Waals surface area contributed by atoms with Crippen molar-refractivity contribution in [1.82, 2.24) is 10.2 Å². The third-order valence-electron chi connectivity index (χ3n) is 4.21. The van der Waals surface area contributed by atoms with Crippen molar-refractivity contribution in [2.75, 3.05) is 13.1 Å². The molecule has 0 saturated carbocycles. The van der Waals surface area contributed by atoms with Gasteiger partial charge in [0.15, 0.2) is 0 Å². The number of piperidine rings is 1. The summed E-state index contributed by atoms with van der Waals surface area (Å²) in [5.74, 6) is -0.0192. The van der Waals surface area contributed by atoms with Crippen LogP contribution >= 0.6 is 0 Å². The fourth-order valence-electron chi connectivity index (χ4n) is 2.88. The zero-order valence-corrected chi connectivity index (χ0v) is 12.8. The van der Waals surface area contributed by atoms with Crippen molar-refractivity contribution < 1.29 is 18.0 Å². The van der Waals surface area contributed by atoms with Gasteiger partial charge in [-0.2, -0.15) is 13.2 Å². The van der Waals surface area contributed by atoms with Gasteiger partial charge >= 0.3 is 6.18 Å². The maximum absolute atomic E-state index is 12.6. The average Bonchev–Trinajstić information content (AvgIpc) is 2.46. The van der Waals surface area contributed by atoms with Crippen LogP contribution in [0.2, 0.25) is 0 Å². The van der Waals surface area contributed by atoms with Crippen LogP contribution in [0.3, 0.4) is 0 Å². The Kier molecular flexibility index (Phi) is 5.11. The maximum Gasteiger partial charge on any atom is 0.416 e. The van der Waals surface area contributed by atoms with E-state index in [2.05, 4.69) is 10.2 Å². The molecule has 6 heteroatoms. The van der Waals surface area contributed by atoms with Gasteiger partial charge in [-0.15, -0.1) is 0 Å². The smallest absolute Gasteiger partial charge is 0.354 e. The summed E-state index contributed by atoms with van der Waals surface area (Å²) in [5, 5.41) is 2.91. The standard InChI is InChI=1S/C16H21F3N2O/c1-11(13-3-5-14(6-4-13)16(17,18)19)21-9-7-15(8-10-21)20-12(2)22/h3-6,11,15H,7-10H2,1-2H3,(H,20,22)/t11-/m0/s1. The van der Waals surface area contributed by atoms with Gasteiger partial charge in [0.05, 0.1) is 5.56 Å². The highest BCUT2D eigenvalue weighted by atomic mass is 19.4. The van der Waals surface area contributed by atoms with Crippen LogP contribution in [0, 0.1) is 0 Å². The van der Waals surface area contributed by atoms with Crippen LogP contribution in [0.15, 0.2) is 24.3 Å². The molecule has 0 spiro atoms. The SMILES string of the molecule is CC(=O)NC1CCN([C@@H](C)c2ccc(C(F)(F)F)cc2)CC1. The van der Waals surface area contributed by atoms with Gasteiger partial charge in [0.1, 0.15) is 0 Å². The summed E-state index contributed by atoms with van der Waals surface area (Å²) in [5.41, 5.74) is 0.263. The molecule has 1 atom stereocenters. The number of amides is 1. The number of benzene rings is 1. The Morgan fingerprint density at radius 1 is 1.23 bits per heavy atom. The summed E-state index contributed by atoms with van der Waals surface area (Å²) >= 11 is 0. The number of hydrogen-bond donors (Lipinski definition) is 1. The van der Waals surface area contributed by atoms with Gasteiger partial charge in [0.2, 0.25) is 5.91 Å². The molecule has 0 unspecified atom stereocenters. The van der Waals surface area contributed by atoms with Crippen molar-refractivity contribution in [2.24, 2.45) is 0 Å². The number of alkyl halides is 3. The van der Waals surface area contributed by atoms with Crippen LogP contribution in [0.4, 0.5) is 13.2 Å². The van der Waals surface area contributed by atoms with Crippen LogP contribution in [-0.2, 0) is 11.0 Å². The first kappa shape index (κ1) is 16.8. The molecule has 0 aliphatic carbocycles. The molecule has 1 aromatic carbocycles. The number of hydrogen-bond acceptors (Lipinski definition) is 2. The summed E-state index contributed by atoms with van der Waals surface area (Å²) in [6.07, 6.45) is -2.56. The first-order chi connectivity index (χ1) is 10.3. The predicted octanol–water partition coefficient (Wildman–Crippen LogP) is 3.37. The van der Waals surface area contributed by atoms with Crippen molar-refractivity contribution >= 4 is 5.91 Å². The van der Waals surface area contributed by atoms with E-state index in [4.69, 9.17) is 0 Å². The molecular weight excluding hydrogens is 293 g/mol. The maximum atomic E-state index is 12.6. The van der Waals surface area contributed by atoms with Gasteiger partial charge < -0.3 is 5.32 Å². The minimum absolute atomic E-state index is 0.0192. The van der Waals surface area contributed by atoms with Gasteiger partial charge in [-0.1, -0.05) is 12.1 Å². The number of nitrogens with one attached hydrogen (secondary N) is 1. The summed E-state index contributed by atoms with van der Waals surface area (Å²) < 4.78 is 37.7. The van der Waals surface area contributed by atoms with Crippen molar-refractivity contribution in [2.45, 2.75) is 44.9 Å². The zero-order valence-electron chi connectivity index (χ0n) is 12.8. The average molecular weight is 314 g/mol. The van der Waals surface area contributed by atoms with Crippen molar-refractivity contribution in [3.63, 3.8) is 0 Å². The Labute approximate surface area is 128 Å². The van der Waals surface area contributed by atoms with Gasteiger partial charge in [-0.05, 0) is 37.5 Å². The van der Waals surface area contributed by atoms with E-state index in [1.165, 1.54) is 6.92 Å². The van der Waals surface area contributed by atoms with E-state index in [1.54, 1.807) is 12.1 Å². The van der Waals surface area contributed by atoms with E-state index in [-0.39, 0.29) is 18.0 Å². The second-order valence-electron chi connectivity index (χ2n) is 5.81. The van der Waals surface area contributed by atoms with Crippen LogP contribution < -0.4 is 5.32 Å². The third kappa shape index (κ3) is 4.22. The second-order valence-corrected chi connectivity index (χ2v) is 5.81. The summed E-state index contributed by atoms with van der Waals surface area (Å²) in [7, 11) is 0. The van der Waals surface area contributed by atoms with Gasteiger partial charge in [-0.25, -0.2) is 0 Å². The molecule has 2 rings (SSSR count). The number of carbonyl (C=O) groups excluding carboxylic acids is 1. The van der Waals surface area contributed by atoms with E-state index in [9.17, 15) is 18.0 Å². The van der Waals surface area contributed by atoms with Crippen molar-refractivity contribution in [3.05, 3.63) is 35.4 Å². The summed E-state index contributed by atoms with van der Waals surface area (Å²) in [6.45, 7) is 5.17. The van der Waals surface area contributed by atoms with Crippen LogP contribution in [0.1, 0.15) is 43.9 Å². The van der Waals surface area contributed by atoms with E-state index in [0.717, 1.165) is 43.6 Å². The first-order valence-corrected chi connectivity index (χ1v) is 7.45. The van der Waals surface area contributed by atoms with E-state index < -0.39 is 11.7 Å². The Balaban J connectivity index is 1.95. The molecule has 1 heterocycles. The Bertz CT molecular complexity index is 505. The minimum atomic E-state index is -4.29. The van der Waals surface area contributed by atoms with Gasteiger partial charge in [-0.3, -0.25) is 9.69 Å². The van der Waals surface area contributed by atoms with Gasteiger partial charge in [0.25, 0.3) is 0 Å².